The molecule has 0 heterocycles. The Balaban J connectivity index is 0.00000408. The molecule has 1 aliphatic carbocycles. The van der Waals surface area contributed by atoms with Crippen molar-refractivity contribution in [3.05, 3.63) is 71.8 Å². The van der Waals surface area contributed by atoms with Gasteiger partial charge in [-0.15, -0.1) is 12.4 Å². The highest BCUT2D eigenvalue weighted by molar-refractivity contribution is 5.85. The number of nitrogens with two attached hydrogens (primary N) is 1. The fraction of sp³-hybridized carbons (Fsp3) is 0.500. The molecule has 1 saturated carbocycles. The van der Waals surface area contributed by atoms with E-state index in [1.54, 1.807) is 0 Å². The zero-order valence-electron chi connectivity index (χ0n) is 20.6. The van der Waals surface area contributed by atoms with Crippen LogP contribution < -0.4 is 16.4 Å². The largest absolute Gasteiger partial charge is 0.353 e. The van der Waals surface area contributed by atoms with E-state index in [0.29, 0.717) is 30.7 Å². The van der Waals surface area contributed by atoms with Gasteiger partial charge in [0.2, 0.25) is 11.8 Å². The molecule has 6 heteroatoms. The van der Waals surface area contributed by atoms with Gasteiger partial charge in [-0.2, -0.15) is 0 Å². The zero-order valence-corrected chi connectivity index (χ0v) is 21.4. The summed E-state index contributed by atoms with van der Waals surface area (Å²) in [4.78, 5) is 26.1. The van der Waals surface area contributed by atoms with Crippen molar-refractivity contribution >= 4 is 24.2 Å². The lowest BCUT2D eigenvalue weighted by molar-refractivity contribution is -0.130. The number of amides is 2. The minimum absolute atomic E-state index is 0. The summed E-state index contributed by atoms with van der Waals surface area (Å²) in [6.07, 6.45) is 3.69. The molecule has 2 aromatic rings. The summed E-state index contributed by atoms with van der Waals surface area (Å²) in [6.45, 7) is 7.00. The average molecular weight is 486 g/mol. The molecule has 0 spiro atoms. The van der Waals surface area contributed by atoms with Gasteiger partial charge in [-0.1, -0.05) is 87.9 Å². The molecule has 5 atom stereocenters. The number of halogens is 1. The molecule has 0 saturated heterocycles. The quantitative estimate of drug-likeness (QED) is 0.483. The molecule has 0 unspecified atom stereocenters. The fourth-order valence-electron chi connectivity index (χ4n) is 5.01. The van der Waals surface area contributed by atoms with Crippen LogP contribution in [0.1, 0.15) is 57.2 Å². The van der Waals surface area contributed by atoms with Crippen LogP contribution in [0.2, 0.25) is 0 Å². The van der Waals surface area contributed by atoms with E-state index >= 15 is 0 Å². The maximum Gasteiger partial charge on any atom is 0.237 e. The van der Waals surface area contributed by atoms with E-state index in [1.165, 1.54) is 6.42 Å². The number of nitrogens with one attached hydrogen (secondary N) is 2. The third-order valence-electron chi connectivity index (χ3n) is 6.99. The highest BCUT2D eigenvalue weighted by Gasteiger charge is 2.35. The van der Waals surface area contributed by atoms with Crippen LogP contribution >= 0.6 is 12.4 Å². The number of carbonyl (C=O) groups is 2. The number of rotatable bonds is 9. The third-order valence-corrected chi connectivity index (χ3v) is 6.99. The summed E-state index contributed by atoms with van der Waals surface area (Å²) in [5, 5.41) is 6.23. The summed E-state index contributed by atoms with van der Waals surface area (Å²) in [5.41, 5.74) is 8.19. The average Bonchev–Trinajstić information content (AvgIpc) is 2.82. The van der Waals surface area contributed by atoms with Gasteiger partial charge in [0.25, 0.3) is 0 Å². The maximum atomic E-state index is 13.2. The first kappa shape index (κ1) is 27.9. The van der Waals surface area contributed by atoms with Gasteiger partial charge in [0, 0.05) is 12.5 Å². The lowest BCUT2D eigenvalue weighted by Crippen LogP contribution is -2.47. The monoisotopic (exact) mass is 485 g/mol. The van der Waals surface area contributed by atoms with Crippen molar-refractivity contribution in [3.8, 4) is 0 Å². The smallest absolute Gasteiger partial charge is 0.237 e. The van der Waals surface area contributed by atoms with Crippen LogP contribution in [0, 0.1) is 23.7 Å². The first-order chi connectivity index (χ1) is 15.8. The van der Waals surface area contributed by atoms with E-state index < -0.39 is 6.04 Å². The number of hydrogen-bond acceptors (Lipinski definition) is 3. The van der Waals surface area contributed by atoms with Crippen LogP contribution in [0.3, 0.4) is 0 Å². The first-order valence-electron chi connectivity index (χ1n) is 12.3. The molecular weight excluding hydrogens is 446 g/mol. The van der Waals surface area contributed by atoms with Gasteiger partial charge < -0.3 is 16.4 Å². The normalized spacial score (nSPS) is 21.7. The third kappa shape index (κ3) is 7.85. The summed E-state index contributed by atoms with van der Waals surface area (Å²) < 4.78 is 0. The SMILES string of the molecule is CC(C)[C@@H]1CC[C@@H](C)C[C@H]1C(=O)NC[C@@H](NC(=O)[C@@H](N)Cc1ccccc1)c1ccccc1.Cl. The second kappa shape index (κ2) is 13.5. The van der Waals surface area contributed by atoms with Gasteiger partial charge in [-0.05, 0) is 48.1 Å². The highest BCUT2D eigenvalue weighted by atomic mass is 35.5. The van der Waals surface area contributed by atoms with Gasteiger partial charge in [0.1, 0.15) is 0 Å². The van der Waals surface area contributed by atoms with E-state index in [4.69, 9.17) is 5.73 Å². The van der Waals surface area contributed by atoms with Crippen molar-refractivity contribution < 1.29 is 9.59 Å². The van der Waals surface area contributed by atoms with Crippen molar-refractivity contribution in [1.82, 2.24) is 10.6 Å². The van der Waals surface area contributed by atoms with Crippen LogP contribution in [0.4, 0.5) is 0 Å². The molecule has 3 rings (SSSR count). The Labute approximate surface area is 210 Å². The van der Waals surface area contributed by atoms with E-state index in [2.05, 4.69) is 31.4 Å². The Hall–Kier alpha value is -2.37. The number of hydrogen-bond donors (Lipinski definition) is 3. The Morgan fingerprint density at radius 2 is 1.62 bits per heavy atom. The molecule has 2 aromatic carbocycles. The van der Waals surface area contributed by atoms with Gasteiger partial charge in [0.15, 0.2) is 0 Å². The molecule has 2 amide bonds. The Bertz CT molecular complexity index is 891. The molecule has 186 valence electrons. The van der Waals surface area contributed by atoms with Crippen molar-refractivity contribution in [2.45, 2.75) is 58.5 Å². The first-order valence-corrected chi connectivity index (χ1v) is 12.3. The predicted molar refractivity (Wildman–Crippen MR) is 141 cm³/mol. The molecule has 0 aliphatic heterocycles. The summed E-state index contributed by atoms with van der Waals surface area (Å²) in [7, 11) is 0. The lowest BCUT2D eigenvalue weighted by Gasteiger charge is -2.36. The van der Waals surface area contributed by atoms with Crippen LogP contribution in [-0.2, 0) is 16.0 Å². The van der Waals surface area contributed by atoms with Crippen LogP contribution in [0.5, 0.6) is 0 Å². The van der Waals surface area contributed by atoms with Gasteiger partial charge in [-0.25, -0.2) is 0 Å². The van der Waals surface area contributed by atoms with E-state index in [0.717, 1.165) is 24.0 Å². The van der Waals surface area contributed by atoms with Gasteiger partial charge >= 0.3 is 0 Å². The molecule has 5 nitrogen and oxygen atoms in total. The fourth-order valence-corrected chi connectivity index (χ4v) is 5.01. The highest BCUT2D eigenvalue weighted by Crippen LogP contribution is 2.38. The predicted octanol–water partition coefficient (Wildman–Crippen LogP) is 4.66. The zero-order chi connectivity index (χ0) is 23.8. The molecule has 1 fully saturated rings. The van der Waals surface area contributed by atoms with Gasteiger partial charge in [-0.3, -0.25) is 9.59 Å². The van der Waals surface area contributed by atoms with Crippen LogP contribution in [0.15, 0.2) is 60.7 Å². The topological polar surface area (TPSA) is 84.2 Å². The molecule has 0 aromatic heterocycles. The van der Waals surface area contributed by atoms with Crippen molar-refractivity contribution in [2.24, 2.45) is 29.4 Å². The van der Waals surface area contributed by atoms with Crippen LogP contribution in [0.25, 0.3) is 0 Å². The standard InChI is InChI=1S/C28H39N3O2.ClH/c1-19(2)23-15-14-20(3)16-24(23)27(32)30-18-26(22-12-8-5-9-13-22)31-28(33)25(29)17-21-10-6-4-7-11-21;/h4-13,19-20,23-26H,14-18,29H2,1-3H3,(H,30,32)(H,31,33);1H/t20-,23+,24-,25+,26-;/m1./s1. The molecule has 1 aliphatic rings. The molecule has 4 N–H and O–H groups in total. The summed E-state index contributed by atoms with van der Waals surface area (Å²) >= 11 is 0. The lowest BCUT2D eigenvalue weighted by atomic mass is 9.70. The number of carbonyl (C=O) groups excluding carboxylic acids is 2. The molecule has 0 radical (unpaired) electrons. The Kier molecular flexibility index (Phi) is 11.1. The molecule has 34 heavy (non-hydrogen) atoms. The van der Waals surface area contributed by atoms with E-state index in [9.17, 15) is 9.59 Å². The van der Waals surface area contributed by atoms with E-state index in [1.807, 2.05) is 60.7 Å². The Morgan fingerprint density at radius 1 is 1.00 bits per heavy atom. The second-order valence-corrected chi connectivity index (χ2v) is 9.95. The summed E-state index contributed by atoms with van der Waals surface area (Å²) in [5.74, 6) is 1.37. The minimum Gasteiger partial charge on any atom is -0.353 e. The maximum absolute atomic E-state index is 13.2. The molecule has 0 bridgehead atoms. The second-order valence-electron chi connectivity index (χ2n) is 9.95. The number of benzene rings is 2. The van der Waals surface area contributed by atoms with Gasteiger partial charge in [0.05, 0.1) is 12.1 Å². The minimum atomic E-state index is -0.654. The molecular formula is C28H40ClN3O2. The summed E-state index contributed by atoms with van der Waals surface area (Å²) in [6, 6.07) is 18.6. The Morgan fingerprint density at radius 3 is 2.24 bits per heavy atom. The van der Waals surface area contributed by atoms with Crippen molar-refractivity contribution in [1.29, 1.82) is 0 Å². The van der Waals surface area contributed by atoms with E-state index in [-0.39, 0.29) is 36.2 Å². The van der Waals surface area contributed by atoms with Crippen LogP contribution in [-0.4, -0.2) is 24.4 Å². The van der Waals surface area contributed by atoms with Crippen molar-refractivity contribution in [3.63, 3.8) is 0 Å². The van der Waals surface area contributed by atoms with Crippen molar-refractivity contribution in [2.75, 3.05) is 6.54 Å².